The van der Waals surface area contributed by atoms with E-state index in [1.807, 2.05) is 0 Å². The smallest absolute Gasteiger partial charge is 0.245 e. The van der Waals surface area contributed by atoms with Crippen LogP contribution in [0.2, 0.25) is 0 Å². The van der Waals surface area contributed by atoms with Gasteiger partial charge in [0.15, 0.2) is 5.82 Å². The second-order valence-corrected chi connectivity index (χ2v) is 5.54. The number of halogens is 2. The van der Waals surface area contributed by atoms with Gasteiger partial charge in [-0.3, -0.25) is 0 Å². The minimum atomic E-state index is -3.95. The quantitative estimate of drug-likeness (QED) is 0.886. The van der Waals surface area contributed by atoms with Crippen molar-refractivity contribution >= 4 is 10.0 Å². The van der Waals surface area contributed by atoms with Crippen molar-refractivity contribution in [2.75, 3.05) is 13.1 Å². The third-order valence-electron chi connectivity index (χ3n) is 2.68. The fourth-order valence-corrected chi connectivity index (χ4v) is 3.21. The first-order chi connectivity index (χ1) is 8.39. The van der Waals surface area contributed by atoms with Gasteiger partial charge in [-0.25, -0.2) is 17.2 Å². The molecule has 4 nitrogen and oxygen atoms in total. The van der Waals surface area contributed by atoms with E-state index < -0.39 is 32.1 Å². The molecule has 0 bridgehead atoms. The largest absolute Gasteiger partial charge is 0.326 e. The number of sulfonamides is 1. The molecule has 0 spiro atoms. The van der Waals surface area contributed by atoms with Crippen LogP contribution in [0.5, 0.6) is 0 Å². The van der Waals surface area contributed by atoms with Crippen LogP contribution in [0.3, 0.4) is 0 Å². The Morgan fingerprint density at radius 1 is 1.22 bits per heavy atom. The van der Waals surface area contributed by atoms with Gasteiger partial charge in [-0.15, -0.1) is 0 Å². The van der Waals surface area contributed by atoms with Crippen molar-refractivity contribution in [2.45, 2.75) is 25.3 Å². The third kappa shape index (κ3) is 2.52. The maximum Gasteiger partial charge on any atom is 0.245 e. The number of hydrogen-bond donors (Lipinski definition) is 1. The fraction of sp³-hybridized carbons (Fsp3) is 0.455. The molecule has 1 aromatic rings. The summed E-state index contributed by atoms with van der Waals surface area (Å²) in [4.78, 5) is -0.534. The Labute approximate surface area is 105 Å². The van der Waals surface area contributed by atoms with Crippen molar-refractivity contribution in [3.8, 4) is 0 Å². The van der Waals surface area contributed by atoms with E-state index in [9.17, 15) is 17.2 Å². The summed E-state index contributed by atoms with van der Waals surface area (Å²) in [6, 6.07) is 1.85. The van der Waals surface area contributed by atoms with Gasteiger partial charge in [-0.1, -0.05) is 13.8 Å². The van der Waals surface area contributed by atoms with Crippen LogP contribution in [0.4, 0.5) is 8.78 Å². The lowest BCUT2D eigenvalue weighted by Crippen LogP contribution is -2.31. The van der Waals surface area contributed by atoms with Gasteiger partial charge in [-0.05, 0) is 12.1 Å². The molecule has 0 aliphatic carbocycles. The molecular weight excluding hydrogens is 262 g/mol. The minimum absolute atomic E-state index is 0.216. The molecule has 0 aliphatic rings. The van der Waals surface area contributed by atoms with Crippen molar-refractivity contribution in [2.24, 2.45) is 5.73 Å². The summed E-state index contributed by atoms with van der Waals surface area (Å²) in [5.41, 5.74) is 4.80. The zero-order valence-electron chi connectivity index (χ0n) is 10.3. The first-order valence-electron chi connectivity index (χ1n) is 5.57. The van der Waals surface area contributed by atoms with Crippen LogP contribution >= 0.6 is 0 Å². The van der Waals surface area contributed by atoms with E-state index in [1.165, 1.54) is 0 Å². The molecule has 2 N–H and O–H groups in total. The molecule has 1 rings (SSSR count). The molecule has 0 saturated heterocycles. The van der Waals surface area contributed by atoms with Crippen molar-refractivity contribution in [1.29, 1.82) is 0 Å². The van der Waals surface area contributed by atoms with E-state index in [4.69, 9.17) is 5.73 Å². The number of nitrogens with zero attached hydrogens (tertiary/aromatic N) is 1. The van der Waals surface area contributed by atoms with Crippen LogP contribution in [-0.2, 0) is 16.6 Å². The molecular formula is C11H16F2N2O2S. The van der Waals surface area contributed by atoms with Gasteiger partial charge in [0.1, 0.15) is 10.7 Å². The SMILES string of the molecule is CCN(CC)S(=O)(=O)c1ccc(F)c(CN)c1F. The van der Waals surface area contributed by atoms with Crippen molar-refractivity contribution < 1.29 is 17.2 Å². The molecule has 0 aliphatic heterocycles. The van der Waals surface area contributed by atoms with Crippen molar-refractivity contribution in [3.63, 3.8) is 0 Å². The Hall–Kier alpha value is -1.05. The molecule has 1 aromatic carbocycles. The van der Waals surface area contributed by atoms with Gasteiger partial charge in [0.2, 0.25) is 10.0 Å². The van der Waals surface area contributed by atoms with Gasteiger partial charge in [0.25, 0.3) is 0 Å². The molecule has 0 amide bonds. The van der Waals surface area contributed by atoms with E-state index in [-0.39, 0.29) is 19.6 Å². The molecule has 0 radical (unpaired) electrons. The predicted molar refractivity (Wildman–Crippen MR) is 64.4 cm³/mol. The van der Waals surface area contributed by atoms with Crippen LogP contribution in [0.1, 0.15) is 19.4 Å². The van der Waals surface area contributed by atoms with Crippen LogP contribution in [-0.4, -0.2) is 25.8 Å². The topological polar surface area (TPSA) is 63.4 Å². The summed E-state index contributed by atoms with van der Waals surface area (Å²) in [6.45, 7) is 3.33. The zero-order valence-corrected chi connectivity index (χ0v) is 11.1. The van der Waals surface area contributed by atoms with E-state index in [1.54, 1.807) is 13.8 Å². The highest BCUT2D eigenvalue weighted by atomic mass is 32.2. The Balaban J connectivity index is 3.43. The molecule has 102 valence electrons. The standard InChI is InChI=1S/C11H16F2N2O2S/c1-3-15(4-2)18(16,17)10-6-5-9(12)8(7-14)11(10)13/h5-6H,3-4,7,14H2,1-2H3. The van der Waals surface area contributed by atoms with Gasteiger partial charge in [-0.2, -0.15) is 4.31 Å². The lowest BCUT2D eigenvalue weighted by atomic mass is 10.2. The van der Waals surface area contributed by atoms with Gasteiger partial charge >= 0.3 is 0 Å². The van der Waals surface area contributed by atoms with Crippen LogP contribution in [0.25, 0.3) is 0 Å². The highest BCUT2D eigenvalue weighted by Crippen LogP contribution is 2.23. The minimum Gasteiger partial charge on any atom is -0.326 e. The predicted octanol–water partition coefficient (Wildman–Crippen LogP) is 1.45. The van der Waals surface area contributed by atoms with Crippen molar-refractivity contribution in [1.82, 2.24) is 4.31 Å². The highest BCUT2D eigenvalue weighted by molar-refractivity contribution is 7.89. The summed E-state index contributed by atoms with van der Waals surface area (Å²) >= 11 is 0. The Morgan fingerprint density at radius 2 is 1.78 bits per heavy atom. The molecule has 7 heteroatoms. The van der Waals surface area contributed by atoms with E-state index in [2.05, 4.69) is 0 Å². The van der Waals surface area contributed by atoms with Crippen molar-refractivity contribution in [3.05, 3.63) is 29.3 Å². The maximum absolute atomic E-state index is 13.9. The summed E-state index contributed by atoms with van der Waals surface area (Å²) in [6.07, 6.45) is 0. The van der Waals surface area contributed by atoms with E-state index >= 15 is 0 Å². The summed E-state index contributed by atoms with van der Waals surface area (Å²) in [5.74, 6) is -1.95. The summed E-state index contributed by atoms with van der Waals surface area (Å²) in [5, 5.41) is 0. The molecule has 0 saturated carbocycles. The number of benzene rings is 1. The Morgan fingerprint density at radius 3 is 2.22 bits per heavy atom. The molecule has 0 atom stereocenters. The number of hydrogen-bond acceptors (Lipinski definition) is 3. The van der Waals surface area contributed by atoms with Crippen LogP contribution in [0, 0.1) is 11.6 Å². The second-order valence-electron chi connectivity index (χ2n) is 3.63. The zero-order chi connectivity index (χ0) is 13.9. The highest BCUT2D eigenvalue weighted by Gasteiger charge is 2.27. The molecule has 0 unspecified atom stereocenters. The average Bonchev–Trinajstić information content (AvgIpc) is 2.30. The van der Waals surface area contributed by atoms with Crippen LogP contribution in [0.15, 0.2) is 17.0 Å². The maximum atomic E-state index is 13.9. The molecule has 18 heavy (non-hydrogen) atoms. The third-order valence-corrected chi connectivity index (χ3v) is 4.75. The molecule has 0 aromatic heterocycles. The average molecular weight is 278 g/mol. The Bertz CT molecular complexity index is 528. The monoisotopic (exact) mass is 278 g/mol. The van der Waals surface area contributed by atoms with E-state index in [0.29, 0.717) is 0 Å². The number of rotatable bonds is 5. The fourth-order valence-electron chi connectivity index (χ4n) is 1.67. The number of nitrogens with two attached hydrogens (primary N) is 1. The first kappa shape index (κ1) is 15.0. The van der Waals surface area contributed by atoms with Crippen LogP contribution < -0.4 is 5.73 Å². The normalized spacial score (nSPS) is 12.1. The van der Waals surface area contributed by atoms with Gasteiger partial charge in [0, 0.05) is 25.2 Å². The summed E-state index contributed by atoms with van der Waals surface area (Å²) in [7, 11) is -3.95. The lowest BCUT2D eigenvalue weighted by Gasteiger charge is -2.19. The summed E-state index contributed by atoms with van der Waals surface area (Å²) < 4.78 is 52.5. The first-order valence-corrected chi connectivity index (χ1v) is 7.01. The van der Waals surface area contributed by atoms with Gasteiger partial charge < -0.3 is 5.73 Å². The van der Waals surface area contributed by atoms with Gasteiger partial charge in [0.05, 0.1) is 0 Å². The molecule has 0 fully saturated rings. The molecule has 0 heterocycles. The Kier molecular flexibility index (Phi) is 4.78. The lowest BCUT2D eigenvalue weighted by molar-refractivity contribution is 0.438. The van der Waals surface area contributed by atoms with E-state index in [0.717, 1.165) is 16.4 Å². The second kappa shape index (κ2) is 5.73.